The van der Waals surface area contributed by atoms with E-state index in [1.165, 1.54) is 0 Å². The summed E-state index contributed by atoms with van der Waals surface area (Å²) in [5, 5.41) is 3.07. The van der Waals surface area contributed by atoms with E-state index in [9.17, 15) is 9.59 Å². The highest BCUT2D eigenvalue weighted by molar-refractivity contribution is 7.99. The van der Waals surface area contributed by atoms with Crippen molar-refractivity contribution < 1.29 is 19.1 Å². The van der Waals surface area contributed by atoms with E-state index in [0.717, 1.165) is 22.6 Å². The third-order valence-corrected chi connectivity index (χ3v) is 6.40. The summed E-state index contributed by atoms with van der Waals surface area (Å²) in [7, 11) is 1.64. The van der Waals surface area contributed by atoms with E-state index in [4.69, 9.17) is 9.47 Å². The van der Waals surface area contributed by atoms with E-state index in [-0.39, 0.29) is 11.2 Å². The topological polar surface area (TPSA) is 67.9 Å². The molecule has 0 aliphatic carbocycles. The van der Waals surface area contributed by atoms with Crippen molar-refractivity contribution in [1.29, 1.82) is 0 Å². The van der Waals surface area contributed by atoms with Crippen molar-refractivity contribution in [1.82, 2.24) is 10.2 Å². The van der Waals surface area contributed by atoms with Gasteiger partial charge in [0.2, 0.25) is 5.91 Å². The van der Waals surface area contributed by atoms with E-state index in [2.05, 4.69) is 17.4 Å². The van der Waals surface area contributed by atoms with Gasteiger partial charge in [0.15, 0.2) is 0 Å². The lowest BCUT2D eigenvalue weighted by Crippen LogP contribution is -2.48. The minimum Gasteiger partial charge on any atom is -0.497 e. The van der Waals surface area contributed by atoms with Crippen molar-refractivity contribution in [2.75, 3.05) is 20.2 Å². The second kappa shape index (κ2) is 10.8. The monoisotopic (exact) mass is 456 g/mol. The van der Waals surface area contributed by atoms with Crippen molar-refractivity contribution in [2.24, 2.45) is 0 Å². The van der Waals surface area contributed by atoms with Crippen LogP contribution in [0.25, 0.3) is 0 Å². The van der Waals surface area contributed by atoms with Crippen molar-refractivity contribution in [3.63, 3.8) is 0 Å². The number of thioether (sulfide) groups is 1. The molecule has 2 aromatic rings. The zero-order valence-corrected chi connectivity index (χ0v) is 20.0. The first kappa shape index (κ1) is 24.0. The number of hydrogen-bond acceptors (Lipinski definition) is 5. The number of amides is 2. The van der Waals surface area contributed by atoms with Crippen molar-refractivity contribution >= 4 is 23.8 Å². The third kappa shape index (κ3) is 6.66. The first-order chi connectivity index (χ1) is 15.3. The number of likely N-dealkylation sites (tertiary alicyclic amines) is 1. The van der Waals surface area contributed by atoms with Gasteiger partial charge in [-0.15, -0.1) is 11.8 Å². The third-order valence-electron chi connectivity index (χ3n) is 5.13. The minimum atomic E-state index is -0.593. The Kier molecular flexibility index (Phi) is 8.07. The smallest absolute Gasteiger partial charge is 0.410 e. The van der Waals surface area contributed by atoms with Crippen LogP contribution in [0.5, 0.6) is 5.75 Å². The molecule has 2 aromatic carbocycles. The maximum atomic E-state index is 13.0. The van der Waals surface area contributed by atoms with E-state index in [1.807, 2.05) is 63.2 Å². The van der Waals surface area contributed by atoms with Gasteiger partial charge in [-0.3, -0.25) is 9.69 Å². The number of ether oxygens (including phenoxy) is 2. The zero-order chi connectivity index (χ0) is 23.1. The molecule has 1 N–H and O–H groups in total. The molecule has 1 aliphatic heterocycles. The van der Waals surface area contributed by atoms with Gasteiger partial charge < -0.3 is 14.8 Å². The highest BCUT2D eigenvalue weighted by Crippen LogP contribution is 2.36. The van der Waals surface area contributed by atoms with Crippen molar-refractivity contribution in [3.05, 3.63) is 60.2 Å². The molecule has 2 atom stereocenters. The van der Waals surface area contributed by atoms with Crippen LogP contribution >= 0.6 is 11.8 Å². The van der Waals surface area contributed by atoms with Gasteiger partial charge in [0, 0.05) is 18.0 Å². The molecule has 1 fully saturated rings. The van der Waals surface area contributed by atoms with Gasteiger partial charge in [-0.05, 0) is 63.4 Å². The molecule has 0 spiro atoms. The Morgan fingerprint density at radius 3 is 2.59 bits per heavy atom. The Hall–Kier alpha value is -2.67. The molecular weight excluding hydrogens is 424 g/mol. The molecule has 1 saturated heterocycles. The average molecular weight is 457 g/mol. The summed E-state index contributed by atoms with van der Waals surface area (Å²) in [5.41, 5.74) is 0.471. The number of rotatable bonds is 7. The Bertz CT molecular complexity index is 914. The number of methoxy groups -OCH3 is 1. The van der Waals surface area contributed by atoms with Crippen LogP contribution in [-0.4, -0.2) is 48.7 Å². The van der Waals surface area contributed by atoms with E-state index in [1.54, 1.807) is 23.8 Å². The number of carbonyl (C=O) groups is 2. The molecule has 7 heteroatoms. The SMILES string of the molecule is COc1cccc([C@@H](CNC(=O)[C@@H]2CCCN2C(=O)OC(C)(C)C)Sc2ccccc2)c1. The lowest BCUT2D eigenvalue weighted by atomic mass is 10.1. The molecular formula is C25H32N2O4S. The lowest BCUT2D eigenvalue weighted by Gasteiger charge is -2.28. The van der Waals surface area contributed by atoms with E-state index in [0.29, 0.717) is 19.5 Å². The largest absolute Gasteiger partial charge is 0.497 e. The minimum absolute atomic E-state index is 0.00664. The molecule has 1 aliphatic rings. The van der Waals surface area contributed by atoms with Gasteiger partial charge in [0.05, 0.1) is 12.4 Å². The first-order valence-electron chi connectivity index (χ1n) is 10.9. The number of hydrogen-bond donors (Lipinski definition) is 1. The molecule has 0 bridgehead atoms. The molecule has 6 nitrogen and oxygen atoms in total. The normalized spacial score (nSPS) is 17.0. The second-order valence-corrected chi connectivity index (χ2v) is 10.0. The maximum Gasteiger partial charge on any atom is 0.410 e. The van der Waals surface area contributed by atoms with Gasteiger partial charge in [0.1, 0.15) is 17.4 Å². The standard InChI is InChI=1S/C25H32N2O4S/c1-25(2,3)31-24(29)27-15-9-14-21(27)23(28)26-17-22(32-20-12-6-5-7-13-20)18-10-8-11-19(16-18)30-4/h5-8,10-13,16,21-22H,9,14-15,17H2,1-4H3,(H,26,28)/t21-,22+/m0/s1. The summed E-state index contributed by atoms with van der Waals surface area (Å²) in [4.78, 5) is 28.3. The lowest BCUT2D eigenvalue weighted by molar-refractivity contribution is -0.125. The Morgan fingerprint density at radius 1 is 1.16 bits per heavy atom. The quantitative estimate of drug-likeness (QED) is 0.591. The van der Waals surface area contributed by atoms with Crippen LogP contribution in [0.3, 0.4) is 0 Å². The fourth-order valence-electron chi connectivity index (χ4n) is 3.62. The predicted octanol–water partition coefficient (Wildman–Crippen LogP) is 5.04. The predicted molar refractivity (Wildman–Crippen MR) is 127 cm³/mol. The Morgan fingerprint density at radius 2 is 1.91 bits per heavy atom. The molecule has 32 heavy (non-hydrogen) atoms. The van der Waals surface area contributed by atoms with Crippen LogP contribution in [0.15, 0.2) is 59.5 Å². The molecule has 0 saturated carbocycles. The second-order valence-electron chi connectivity index (χ2n) is 8.77. The molecule has 0 unspecified atom stereocenters. The van der Waals surface area contributed by atoms with Gasteiger partial charge in [-0.2, -0.15) is 0 Å². The molecule has 3 rings (SSSR count). The van der Waals surface area contributed by atoms with Gasteiger partial charge in [-0.25, -0.2) is 4.79 Å². The number of nitrogens with zero attached hydrogens (tertiary/aromatic N) is 1. The first-order valence-corrected chi connectivity index (χ1v) is 11.8. The highest BCUT2D eigenvalue weighted by Gasteiger charge is 2.36. The number of benzene rings is 2. The Balaban J connectivity index is 1.70. The summed E-state index contributed by atoms with van der Waals surface area (Å²) in [6, 6.07) is 17.5. The van der Waals surface area contributed by atoms with Crippen LogP contribution < -0.4 is 10.1 Å². The summed E-state index contributed by atoms with van der Waals surface area (Å²) < 4.78 is 10.9. The summed E-state index contributed by atoms with van der Waals surface area (Å²) >= 11 is 1.68. The molecule has 172 valence electrons. The van der Waals surface area contributed by atoms with Gasteiger partial charge in [0.25, 0.3) is 0 Å². The summed E-state index contributed by atoms with van der Waals surface area (Å²) in [6.07, 6.45) is 0.994. The highest BCUT2D eigenvalue weighted by atomic mass is 32.2. The molecule has 0 aromatic heterocycles. The number of carbonyl (C=O) groups excluding carboxylic acids is 2. The maximum absolute atomic E-state index is 13.0. The number of nitrogens with one attached hydrogen (secondary N) is 1. The molecule has 2 amide bonds. The molecule has 1 heterocycles. The van der Waals surface area contributed by atoms with E-state index < -0.39 is 17.7 Å². The fourth-order valence-corrected chi connectivity index (χ4v) is 4.71. The van der Waals surface area contributed by atoms with Crippen LogP contribution in [0.2, 0.25) is 0 Å². The average Bonchev–Trinajstić information content (AvgIpc) is 3.26. The Labute approximate surface area is 194 Å². The summed E-state index contributed by atoms with van der Waals surface area (Å²) in [6.45, 7) is 6.45. The van der Waals surface area contributed by atoms with E-state index >= 15 is 0 Å². The van der Waals surface area contributed by atoms with Gasteiger partial charge in [-0.1, -0.05) is 30.3 Å². The van der Waals surface area contributed by atoms with Gasteiger partial charge >= 0.3 is 6.09 Å². The van der Waals surface area contributed by atoms with Crippen molar-refractivity contribution in [2.45, 2.75) is 55.4 Å². The summed E-state index contributed by atoms with van der Waals surface area (Å²) in [5.74, 6) is 0.634. The van der Waals surface area contributed by atoms with Crippen LogP contribution in [0.4, 0.5) is 4.79 Å². The molecule has 0 radical (unpaired) electrons. The van der Waals surface area contributed by atoms with Crippen LogP contribution in [-0.2, 0) is 9.53 Å². The van der Waals surface area contributed by atoms with Crippen LogP contribution in [0.1, 0.15) is 44.4 Å². The zero-order valence-electron chi connectivity index (χ0n) is 19.2. The fraction of sp³-hybridized carbons (Fsp3) is 0.440. The van der Waals surface area contributed by atoms with Crippen molar-refractivity contribution in [3.8, 4) is 5.75 Å². The van der Waals surface area contributed by atoms with Crippen LogP contribution in [0, 0.1) is 0 Å².